The lowest BCUT2D eigenvalue weighted by Gasteiger charge is -2.24. The molecule has 0 radical (unpaired) electrons. The third-order valence-corrected chi connectivity index (χ3v) is 3.50. The smallest absolute Gasteiger partial charge is 0.311 e. The molecule has 1 aromatic heterocycles. The van der Waals surface area contributed by atoms with Gasteiger partial charge in [0.25, 0.3) is 0 Å². The maximum atomic E-state index is 11.1. The van der Waals surface area contributed by atoms with Crippen molar-refractivity contribution in [3.05, 3.63) is 63.8 Å². The molecule has 1 atom stereocenters. The lowest BCUT2D eigenvalue weighted by molar-refractivity contribution is -0.384. The van der Waals surface area contributed by atoms with Gasteiger partial charge in [0.05, 0.1) is 11.0 Å². The Morgan fingerprint density at radius 3 is 2.59 bits per heavy atom. The van der Waals surface area contributed by atoms with Crippen LogP contribution >= 0.6 is 0 Å². The number of nitro groups is 1. The topological polar surface area (TPSA) is 79.5 Å². The third kappa shape index (κ3) is 3.59. The molecule has 6 nitrogen and oxygen atoms in total. The second-order valence-corrected chi connectivity index (χ2v) is 5.07. The molecule has 0 bridgehead atoms. The highest BCUT2D eigenvalue weighted by atomic mass is 16.6. The van der Waals surface area contributed by atoms with Crippen LogP contribution in [0.4, 0.5) is 11.5 Å². The van der Waals surface area contributed by atoms with Crippen LogP contribution < -0.4 is 4.90 Å². The van der Waals surface area contributed by atoms with E-state index in [1.807, 2.05) is 38.1 Å². The van der Waals surface area contributed by atoms with Crippen LogP contribution in [0.15, 0.2) is 42.6 Å². The molecule has 6 heteroatoms. The Kier molecular flexibility index (Phi) is 5.06. The zero-order valence-corrected chi connectivity index (χ0v) is 12.6. The Balaban J connectivity index is 2.22. The fourth-order valence-electron chi connectivity index (χ4n) is 2.24. The fraction of sp³-hybridized carbons (Fsp3) is 0.312. The summed E-state index contributed by atoms with van der Waals surface area (Å²) in [7, 11) is 0. The van der Waals surface area contributed by atoms with Crippen molar-refractivity contribution in [2.24, 2.45) is 0 Å². The monoisotopic (exact) mass is 301 g/mol. The molecular weight excluding hydrogens is 282 g/mol. The summed E-state index contributed by atoms with van der Waals surface area (Å²) < 4.78 is 0. The molecule has 0 spiro atoms. The van der Waals surface area contributed by atoms with Gasteiger partial charge < -0.3 is 10.0 Å². The first-order valence-electron chi connectivity index (χ1n) is 7.12. The summed E-state index contributed by atoms with van der Waals surface area (Å²) in [6, 6.07) is 10.5. The summed E-state index contributed by atoms with van der Waals surface area (Å²) in [6.45, 7) is 4.62. The predicted molar refractivity (Wildman–Crippen MR) is 84.9 cm³/mol. The van der Waals surface area contributed by atoms with Crippen molar-refractivity contribution in [1.82, 2.24) is 4.98 Å². The van der Waals surface area contributed by atoms with E-state index in [4.69, 9.17) is 0 Å². The maximum absolute atomic E-state index is 11.1. The highest BCUT2D eigenvalue weighted by Crippen LogP contribution is 2.26. The van der Waals surface area contributed by atoms with E-state index in [1.165, 1.54) is 18.3 Å². The maximum Gasteiger partial charge on any atom is 0.311 e. The number of hydrogen-bond donors (Lipinski definition) is 1. The average Bonchev–Trinajstić information content (AvgIpc) is 2.53. The lowest BCUT2D eigenvalue weighted by Crippen LogP contribution is -2.29. The minimum atomic E-state index is -0.734. The molecule has 0 fully saturated rings. The first kappa shape index (κ1) is 15.9. The minimum absolute atomic E-state index is 0.0551. The largest absolute Gasteiger partial charge is 0.387 e. The van der Waals surface area contributed by atoms with Gasteiger partial charge in [0.15, 0.2) is 0 Å². The van der Waals surface area contributed by atoms with Crippen molar-refractivity contribution in [3.8, 4) is 0 Å². The summed E-state index contributed by atoms with van der Waals surface area (Å²) in [5, 5.41) is 21.5. The van der Waals surface area contributed by atoms with Crippen LogP contribution in [0.3, 0.4) is 0 Å². The van der Waals surface area contributed by atoms with E-state index in [-0.39, 0.29) is 18.1 Å². The lowest BCUT2D eigenvalue weighted by atomic mass is 10.1. The molecule has 0 saturated heterocycles. The number of rotatable bonds is 6. The highest BCUT2D eigenvalue weighted by molar-refractivity contribution is 5.57. The van der Waals surface area contributed by atoms with Gasteiger partial charge in [-0.1, -0.05) is 29.8 Å². The molecular formula is C16H19N3O3. The molecule has 1 aromatic carbocycles. The first-order chi connectivity index (χ1) is 10.5. The zero-order chi connectivity index (χ0) is 16.1. The Labute approximate surface area is 129 Å². The van der Waals surface area contributed by atoms with Crippen molar-refractivity contribution in [2.75, 3.05) is 18.0 Å². The Morgan fingerprint density at radius 2 is 2.00 bits per heavy atom. The van der Waals surface area contributed by atoms with Crippen molar-refractivity contribution in [3.63, 3.8) is 0 Å². The van der Waals surface area contributed by atoms with E-state index in [0.717, 1.165) is 11.1 Å². The van der Waals surface area contributed by atoms with E-state index >= 15 is 0 Å². The standard InChI is InChI=1S/C16H19N3O3/c1-3-18(16-14(19(21)22)5-4-10-17-16)11-15(20)13-8-6-12(2)7-9-13/h4-10,15,20H,3,11H2,1-2H3. The van der Waals surface area contributed by atoms with Gasteiger partial charge in [-0.2, -0.15) is 0 Å². The Bertz CT molecular complexity index is 643. The van der Waals surface area contributed by atoms with Gasteiger partial charge >= 0.3 is 5.69 Å². The summed E-state index contributed by atoms with van der Waals surface area (Å²) in [5.41, 5.74) is 1.84. The molecule has 2 aromatic rings. The van der Waals surface area contributed by atoms with Gasteiger partial charge in [0.1, 0.15) is 0 Å². The van der Waals surface area contributed by atoms with Crippen LogP contribution in [-0.4, -0.2) is 28.1 Å². The van der Waals surface area contributed by atoms with Crippen LogP contribution in [0, 0.1) is 17.0 Å². The normalized spacial score (nSPS) is 12.0. The van der Waals surface area contributed by atoms with Crippen LogP contribution in [0.5, 0.6) is 0 Å². The summed E-state index contributed by atoms with van der Waals surface area (Å²) in [6.07, 6.45) is 0.783. The molecule has 1 N–H and O–H groups in total. The number of aryl methyl sites for hydroxylation is 1. The second-order valence-electron chi connectivity index (χ2n) is 5.07. The Morgan fingerprint density at radius 1 is 1.32 bits per heavy atom. The van der Waals surface area contributed by atoms with Gasteiger partial charge in [0.2, 0.25) is 5.82 Å². The average molecular weight is 301 g/mol. The number of likely N-dealkylation sites (N-methyl/N-ethyl adjacent to an activating group) is 1. The highest BCUT2D eigenvalue weighted by Gasteiger charge is 2.22. The summed E-state index contributed by atoms with van der Waals surface area (Å²) >= 11 is 0. The van der Waals surface area contributed by atoms with Crippen LogP contribution in [0.1, 0.15) is 24.2 Å². The fourth-order valence-corrected chi connectivity index (χ4v) is 2.24. The van der Waals surface area contributed by atoms with Crippen molar-refractivity contribution in [1.29, 1.82) is 0 Å². The molecule has 116 valence electrons. The quantitative estimate of drug-likeness (QED) is 0.655. The molecule has 1 unspecified atom stereocenters. The molecule has 0 aliphatic carbocycles. The predicted octanol–water partition coefficient (Wildman–Crippen LogP) is 2.86. The van der Waals surface area contributed by atoms with Crippen molar-refractivity contribution < 1.29 is 10.0 Å². The third-order valence-electron chi connectivity index (χ3n) is 3.50. The SMILES string of the molecule is CCN(CC(O)c1ccc(C)cc1)c1ncccc1[N+](=O)[O-]. The number of hydrogen-bond acceptors (Lipinski definition) is 5. The van der Waals surface area contributed by atoms with Gasteiger partial charge in [-0.05, 0) is 25.5 Å². The van der Waals surface area contributed by atoms with Gasteiger partial charge in [-0.3, -0.25) is 10.1 Å². The summed E-state index contributed by atoms with van der Waals surface area (Å²) in [4.78, 5) is 16.5. The minimum Gasteiger partial charge on any atom is -0.387 e. The number of pyridine rings is 1. The summed E-state index contributed by atoms with van der Waals surface area (Å²) in [5.74, 6) is 0.279. The van der Waals surface area contributed by atoms with Crippen molar-refractivity contribution >= 4 is 11.5 Å². The number of aromatic nitrogens is 1. The van der Waals surface area contributed by atoms with Crippen LogP contribution in [0.25, 0.3) is 0 Å². The first-order valence-corrected chi connectivity index (χ1v) is 7.12. The number of aliphatic hydroxyl groups is 1. The number of anilines is 1. The molecule has 0 aliphatic rings. The number of nitrogens with zero attached hydrogens (tertiary/aromatic N) is 3. The zero-order valence-electron chi connectivity index (χ0n) is 12.6. The Hall–Kier alpha value is -2.47. The van der Waals surface area contributed by atoms with E-state index in [9.17, 15) is 15.2 Å². The molecule has 0 aliphatic heterocycles. The van der Waals surface area contributed by atoms with Gasteiger partial charge in [0, 0.05) is 25.4 Å². The molecule has 22 heavy (non-hydrogen) atoms. The number of aliphatic hydroxyl groups excluding tert-OH is 1. The van der Waals surface area contributed by atoms with E-state index < -0.39 is 11.0 Å². The van der Waals surface area contributed by atoms with Crippen LogP contribution in [-0.2, 0) is 0 Å². The second kappa shape index (κ2) is 7.00. The van der Waals surface area contributed by atoms with E-state index in [1.54, 1.807) is 4.90 Å². The van der Waals surface area contributed by atoms with E-state index in [0.29, 0.717) is 6.54 Å². The van der Waals surface area contributed by atoms with Crippen LogP contribution in [0.2, 0.25) is 0 Å². The molecule has 2 rings (SSSR count). The van der Waals surface area contributed by atoms with Gasteiger partial charge in [-0.15, -0.1) is 0 Å². The van der Waals surface area contributed by atoms with E-state index in [2.05, 4.69) is 4.98 Å². The van der Waals surface area contributed by atoms with Crippen molar-refractivity contribution in [2.45, 2.75) is 20.0 Å². The van der Waals surface area contributed by atoms with Gasteiger partial charge in [-0.25, -0.2) is 4.98 Å². The molecule has 0 saturated carbocycles. The molecule has 1 heterocycles. The number of benzene rings is 1. The molecule has 0 amide bonds.